The number of hydrogen-bond donors (Lipinski definition) is 1. The van der Waals surface area contributed by atoms with Gasteiger partial charge in [0, 0.05) is 12.6 Å². The summed E-state index contributed by atoms with van der Waals surface area (Å²) in [6.45, 7) is 2.90. The molecule has 0 saturated heterocycles. The van der Waals surface area contributed by atoms with Crippen LogP contribution in [0.5, 0.6) is 5.75 Å². The fourth-order valence-corrected chi connectivity index (χ4v) is 2.03. The van der Waals surface area contributed by atoms with Crippen LogP contribution in [-0.2, 0) is 6.54 Å². The molecular weight excluding hydrogens is 284 g/mol. The lowest BCUT2D eigenvalue weighted by molar-refractivity contribution is 0.340. The summed E-state index contributed by atoms with van der Waals surface area (Å²) in [7, 11) is 0. The summed E-state index contributed by atoms with van der Waals surface area (Å²) in [4.78, 5) is 0. The second kappa shape index (κ2) is 6.57. The second-order valence-corrected chi connectivity index (χ2v) is 4.58. The number of ether oxygens (including phenoxy) is 1. The van der Waals surface area contributed by atoms with Crippen molar-refractivity contribution < 1.29 is 13.5 Å². The van der Waals surface area contributed by atoms with E-state index in [1.54, 1.807) is 0 Å². The predicted octanol–water partition coefficient (Wildman–Crippen LogP) is 4.63. The van der Waals surface area contributed by atoms with Gasteiger partial charge in [0.25, 0.3) is 0 Å². The molecule has 106 valence electrons. The maximum absolute atomic E-state index is 13.6. The lowest BCUT2D eigenvalue weighted by Gasteiger charge is -2.10. The van der Waals surface area contributed by atoms with E-state index < -0.39 is 11.6 Å². The Morgan fingerprint density at radius 1 is 1.15 bits per heavy atom. The highest BCUT2D eigenvalue weighted by Crippen LogP contribution is 2.27. The van der Waals surface area contributed by atoms with Gasteiger partial charge in [-0.25, -0.2) is 8.78 Å². The maximum Gasteiger partial charge on any atom is 0.150 e. The second-order valence-electron chi connectivity index (χ2n) is 4.17. The summed E-state index contributed by atoms with van der Waals surface area (Å²) < 4.78 is 31.8. The molecule has 1 N–H and O–H groups in total. The first-order chi connectivity index (χ1) is 9.60. The molecule has 0 saturated carbocycles. The van der Waals surface area contributed by atoms with Gasteiger partial charge in [0.2, 0.25) is 0 Å². The van der Waals surface area contributed by atoms with Crippen molar-refractivity contribution in [3.05, 3.63) is 58.6 Å². The third-order valence-corrected chi connectivity index (χ3v) is 3.01. The van der Waals surface area contributed by atoms with Crippen molar-refractivity contribution in [1.29, 1.82) is 0 Å². The zero-order valence-corrected chi connectivity index (χ0v) is 11.7. The molecule has 0 aliphatic carbocycles. The van der Waals surface area contributed by atoms with E-state index in [2.05, 4.69) is 5.32 Å². The van der Waals surface area contributed by atoms with Gasteiger partial charge in [-0.2, -0.15) is 0 Å². The molecular formula is C15H14ClF2NO. The fourth-order valence-electron chi connectivity index (χ4n) is 1.77. The Labute approximate surface area is 121 Å². The SMILES string of the molecule is CCOc1ccc(CNc2c(F)cc(F)cc2Cl)cc1. The molecule has 0 aliphatic heterocycles. The third kappa shape index (κ3) is 3.61. The minimum absolute atomic E-state index is 0.0217. The minimum atomic E-state index is -0.707. The Hall–Kier alpha value is -1.81. The van der Waals surface area contributed by atoms with Crippen molar-refractivity contribution in [2.75, 3.05) is 11.9 Å². The molecule has 0 amide bonds. The van der Waals surface area contributed by atoms with Crippen molar-refractivity contribution in [3.63, 3.8) is 0 Å². The van der Waals surface area contributed by atoms with Crippen molar-refractivity contribution in [3.8, 4) is 5.75 Å². The van der Waals surface area contributed by atoms with Gasteiger partial charge in [-0.15, -0.1) is 0 Å². The van der Waals surface area contributed by atoms with Gasteiger partial charge in [-0.3, -0.25) is 0 Å². The summed E-state index contributed by atoms with van der Waals surface area (Å²) >= 11 is 5.80. The molecule has 0 atom stereocenters. The van der Waals surface area contributed by atoms with Crippen LogP contribution in [0.1, 0.15) is 12.5 Å². The Bertz CT molecular complexity index is 564. The molecule has 0 aliphatic rings. The van der Waals surface area contributed by atoms with E-state index in [4.69, 9.17) is 16.3 Å². The van der Waals surface area contributed by atoms with Crippen LogP contribution in [0.3, 0.4) is 0 Å². The zero-order chi connectivity index (χ0) is 14.5. The summed E-state index contributed by atoms with van der Waals surface area (Å²) in [5, 5.41) is 2.88. The zero-order valence-electron chi connectivity index (χ0n) is 10.9. The van der Waals surface area contributed by atoms with Gasteiger partial charge < -0.3 is 10.1 Å². The van der Waals surface area contributed by atoms with Crippen LogP contribution in [-0.4, -0.2) is 6.61 Å². The van der Waals surface area contributed by atoms with E-state index in [1.807, 2.05) is 31.2 Å². The number of nitrogens with one attached hydrogen (secondary N) is 1. The van der Waals surface area contributed by atoms with E-state index in [0.29, 0.717) is 13.2 Å². The van der Waals surface area contributed by atoms with Gasteiger partial charge in [-0.05, 0) is 30.7 Å². The van der Waals surface area contributed by atoms with Crippen LogP contribution >= 0.6 is 11.6 Å². The van der Waals surface area contributed by atoms with Gasteiger partial charge in [0.05, 0.1) is 17.3 Å². The molecule has 0 heterocycles. The maximum atomic E-state index is 13.6. The van der Waals surface area contributed by atoms with E-state index >= 15 is 0 Å². The highest BCUT2D eigenvalue weighted by molar-refractivity contribution is 6.33. The molecule has 2 nitrogen and oxygen atoms in total. The number of rotatable bonds is 5. The Kier molecular flexibility index (Phi) is 4.79. The standard InChI is InChI=1S/C15H14ClF2NO/c1-2-20-12-5-3-10(4-6-12)9-19-15-13(16)7-11(17)8-14(15)18/h3-8,19H,2,9H2,1H3. The van der Waals surface area contributed by atoms with E-state index in [-0.39, 0.29) is 10.7 Å². The number of anilines is 1. The summed E-state index contributed by atoms with van der Waals surface area (Å²) in [5.74, 6) is -0.623. The Morgan fingerprint density at radius 2 is 1.85 bits per heavy atom. The van der Waals surface area contributed by atoms with Crippen molar-refractivity contribution in [2.45, 2.75) is 13.5 Å². The summed E-state index contributed by atoms with van der Waals surface area (Å²) in [6.07, 6.45) is 0. The van der Waals surface area contributed by atoms with Gasteiger partial charge >= 0.3 is 0 Å². The monoisotopic (exact) mass is 297 g/mol. The summed E-state index contributed by atoms with van der Waals surface area (Å²) in [5.41, 5.74) is 1.04. The van der Waals surface area contributed by atoms with Crippen molar-refractivity contribution in [2.24, 2.45) is 0 Å². The topological polar surface area (TPSA) is 21.3 Å². The van der Waals surface area contributed by atoms with Gasteiger partial charge in [0.15, 0.2) is 5.82 Å². The molecule has 5 heteroatoms. The van der Waals surface area contributed by atoms with Crippen LogP contribution in [0.15, 0.2) is 36.4 Å². The Balaban J connectivity index is 2.05. The third-order valence-electron chi connectivity index (χ3n) is 2.71. The average Bonchev–Trinajstić information content (AvgIpc) is 2.39. The van der Waals surface area contributed by atoms with Gasteiger partial charge in [0.1, 0.15) is 11.6 Å². The van der Waals surface area contributed by atoms with Crippen LogP contribution < -0.4 is 10.1 Å². The average molecular weight is 298 g/mol. The first-order valence-electron chi connectivity index (χ1n) is 6.20. The number of benzene rings is 2. The highest BCUT2D eigenvalue weighted by Gasteiger charge is 2.09. The molecule has 0 unspecified atom stereocenters. The lowest BCUT2D eigenvalue weighted by Crippen LogP contribution is -2.03. The normalized spacial score (nSPS) is 10.4. The first kappa shape index (κ1) is 14.6. The number of hydrogen-bond acceptors (Lipinski definition) is 2. The highest BCUT2D eigenvalue weighted by atomic mass is 35.5. The lowest BCUT2D eigenvalue weighted by atomic mass is 10.2. The molecule has 0 aromatic heterocycles. The van der Waals surface area contributed by atoms with Crippen molar-refractivity contribution >= 4 is 17.3 Å². The van der Waals surface area contributed by atoms with Gasteiger partial charge in [-0.1, -0.05) is 23.7 Å². The Morgan fingerprint density at radius 3 is 2.45 bits per heavy atom. The smallest absolute Gasteiger partial charge is 0.150 e. The van der Waals surface area contributed by atoms with Crippen LogP contribution in [0.4, 0.5) is 14.5 Å². The molecule has 2 rings (SSSR count). The minimum Gasteiger partial charge on any atom is -0.494 e. The summed E-state index contributed by atoms with van der Waals surface area (Å²) in [6, 6.07) is 9.28. The molecule has 0 spiro atoms. The van der Waals surface area contributed by atoms with E-state index in [1.165, 1.54) is 0 Å². The largest absolute Gasteiger partial charge is 0.494 e. The molecule has 0 bridgehead atoms. The van der Waals surface area contributed by atoms with E-state index in [0.717, 1.165) is 23.4 Å². The molecule has 20 heavy (non-hydrogen) atoms. The molecule has 2 aromatic rings. The predicted molar refractivity (Wildman–Crippen MR) is 76.3 cm³/mol. The molecule has 2 aromatic carbocycles. The van der Waals surface area contributed by atoms with Crippen LogP contribution in [0.25, 0.3) is 0 Å². The van der Waals surface area contributed by atoms with E-state index in [9.17, 15) is 8.78 Å². The number of halogens is 3. The first-order valence-corrected chi connectivity index (χ1v) is 6.58. The van der Waals surface area contributed by atoms with Crippen molar-refractivity contribution in [1.82, 2.24) is 0 Å². The van der Waals surface area contributed by atoms with Crippen LogP contribution in [0, 0.1) is 11.6 Å². The molecule has 0 radical (unpaired) electrons. The fraction of sp³-hybridized carbons (Fsp3) is 0.200. The quantitative estimate of drug-likeness (QED) is 0.869. The van der Waals surface area contributed by atoms with Crippen LogP contribution in [0.2, 0.25) is 5.02 Å². The molecule has 0 fully saturated rings.